The van der Waals surface area contributed by atoms with Crippen LogP contribution in [0.2, 0.25) is 0 Å². The molecule has 0 radical (unpaired) electrons. The van der Waals surface area contributed by atoms with E-state index >= 15 is 0 Å². The number of rotatable bonds is 9. The van der Waals surface area contributed by atoms with Gasteiger partial charge in [0, 0.05) is 25.1 Å². The molecule has 3 heterocycles. The number of aliphatic hydroxyl groups excluding tert-OH is 1. The molecule has 1 aliphatic heterocycles. The molecule has 0 spiro atoms. The highest BCUT2D eigenvalue weighted by Gasteiger charge is 2.31. The number of nitrogens with one attached hydrogen (secondary N) is 1. The van der Waals surface area contributed by atoms with Crippen LogP contribution in [0.1, 0.15) is 43.9 Å². The normalized spacial score (nSPS) is 22.1. The topological polar surface area (TPSA) is 102 Å². The number of hydrogen-bond donors (Lipinski definition) is 2. The lowest BCUT2D eigenvalue weighted by atomic mass is 9.97. The van der Waals surface area contributed by atoms with Crippen molar-refractivity contribution in [2.45, 2.75) is 70.2 Å². The number of pyridine rings is 1. The molecule has 0 aliphatic carbocycles. The van der Waals surface area contributed by atoms with Gasteiger partial charge in [-0.05, 0) is 37.3 Å². The molecule has 1 aliphatic rings. The summed E-state index contributed by atoms with van der Waals surface area (Å²) in [5.74, 6) is -0.0791. The zero-order chi connectivity index (χ0) is 19.8. The number of carbonyl (C=O) groups excluding carboxylic acids is 1. The Kier molecular flexibility index (Phi) is 7.50. The summed E-state index contributed by atoms with van der Waals surface area (Å²) in [5, 5.41) is 21.0. The molecule has 1 saturated heterocycles. The molecule has 8 heteroatoms. The molecule has 28 heavy (non-hydrogen) atoms. The van der Waals surface area contributed by atoms with Crippen LogP contribution in [0.3, 0.4) is 0 Å². The molecular weight excluding hydrogens is 358 g/mol. The van der Waals surface area contributed by atoms with Gasteiger partial charge in [0.05, 0.1) is 30.9 Å². The van der Waals surface area contributed by atoms with Crippen molar-refractivity contribution in [3.05, 3.63) is 42.0 Å². The van der Waals surface area contributed by atoms with Crippen LogP contribution < -0.4 is 5.32 Å². The van der Waals surface area contributed by atoms with Gasteiger partial charge in [0.2, 0.25) is 5.91 Å². The maximum atomic E-state index is 12.3. The fourth-order valence-corrected chi connectivity index (χ4v) is 3.55. The van der Waals surface area contributed by atoms with E-state index in [1.54, 1.807) is 12.4 Å². The maximum Gasteiger partial charge on any atom is 0.224 e. The van der Waals surface area contributed by atoms with E-state index in [1.807, 2.05) is 23.0 Å². The maximum absolute atomic E-state index is 12.3. The first-order valence-electron chi connectivity index (χ1n) is 10.0. The summed E-state index contributed by atoms with van der Waals surface area (Å²) in [7, 11) is 0. The van der Waals surface area contributed by atoms with E-state index in [-0.39, 0.29) is 37.2 Å². The SMILES string of the molecule is CCCc1cn(CC[C@@H]2CC[C@@H](NC(=O)Cc3cccnc3)[C@@H](CO)O2)nn1. The quantitative estimate of drug-likeness (QED) is 0.672. The Morgan fingerprint density at radius 2 is 2.32 bits per heavy atom. The van der Waals surface area contributed by atoms with Crippen LogP contribution in [-0.4, -0.2) is 55.8 Å². The Morgan fingerprint density at radius 1 is 1.43 bits per heavy atom. The second kappa shape index (κ2) is 10.3. The molecule has 3 atom stereocenters. The van der Waals surface area contributed by atoms with E-state index in [2.05, 4.69) is 27.5 Å². The molecule has 152 valence electrons. The Labute approximate surface area is 165 Å². The average molecular weight is 387 g/mol. The van der Waals surface area contributed by atoms with Gasteiger partial charge in [-0.25, -0.2) is 0 Å². The van der Waals surface area contributed by atoms with Gasteiger partial charge < -0.3 is 15.2 Å². The highest BCUT2D eigenvalue weighted by atomic mass is 16.5. The highest BCUT2D eigenvalue weighted by molar-refractivity contribution is 5.78. The third-order valence-electron chi connectivity index (χ3n) is 5.00. The first-order chi connectivity index (χ1) is 13.7. The highest BCUT2D eigenvalue weighted by Crippen LogP contribution is 2.22. The van der Waals surface area contributed by atoms with E-state index in [4.69, 9.17) is 4.74 Å². The van der Waals surface area contributed by atoms with Crippen molar-refractivity contribution < 1.29 is 14.6 Å². The predicted octanol–water partition coefficient (Wildman–Crippen LogP) is 1.28. The fraction of sp³-hybridized carbons (Fsp3) is 0.600. The van der Waals surface area contributed by atoms with Crippen LogP contribution in [-0.2, 0) is 28.9 Å². The lowest BCUT2D eigenvalue weighted by Crippen LogP contribution is -2.51. The number of aryl methyl sites for hydroxylation is 2. The van der Waals surface area contributed by atoms with E-state index in [9.17, 15) is 9.90 Å². The van der Waals surface area contributed by atoms with Crippen molar-refractivity contribution in [2.75, 3.05) is 6.61 Å². The molecular formula is C20H29N5O3. The number of aliphatic hydroxyl groups is 1. The van der Waals surface area contributed by atoms with Crippen LogP contribution in [0.5, 0.6) is 0 Å². The zero-order valence-electron chi connectivity index (χ0n) is 16.3. The third-order valence-corrected chi connectivity index (χ3v) is 5.00. The lowest BCUT2D eigenvalue weighted by Gasteiger charge is -2.36. The van der Waals surface area contributed by atoms with Gasteiger partial charge in [-0.3, -0.25) is 14.5 Å². The van der Waals surface area contributed by atoms with Crippen LogP contribution >= 0.6 is 0 Å². The minimum atomic E-state index is -0.386. The molecule has 3 rings (SSSR count). The Hall–Kier alpha value is -2.32. The van der Waals surface area contributed by atoms with Crippen molar-refractivity contribution >= 4 is 5.91 Å². The van der Waals surface area contributed by atoms with Crippen molar-refractivity contribution in [3.63, 3.8) is 0 Å². The van der Waals surface area contributed by atoms with Gasteiger partial charge in [-0.1, -0.05) is 24.6 Å². The second-order valence-corrected chi connectivity index (χ2v) is 7.28. The van der Waals surface area contributed by atoms with E-state index in [1.165, 1.54) is 0 Å². The van der Waals surface area contributed by atoms with Crippen LogP contribution in [0, 0.1) is 0 Å². The number of nitrogens with zero attached hydrogens (tertiary/aromatic N) is 4. The van der Waals surface area contributed by atoms with E-state index in [0.29, 0.717) is 0 Å². The van der Waals surface area contributed by atoms with E-state index in [0.717, 1.165) is 49.9 Å². The minimum Gasteiger partial charge on any atom is -0.394 e. The molecule has 1 fully saturated rings. The largest absolute Gasteiger partial charge is 0.394 e. The van der Waals surface area contributed by atoms with Crippen molar-refractivity contribution in [3.8, 4) is 0 Å². The number of amides is 1. The average Bonchev–Trinajstić information content (AvgIpc) is 3.15. The number of hydrogen-bond acceptors (Lipinski definition) is 6. The predicted molar refractivity (Wildman–Crippen MR) is 103 cm³/mol. The molecule has 2 aromatic heterocycles. The Bertz CT molecular complexity index is 736. The summed E-state index contributed by atoms with van der Waals surface area (Å²) in [4.78, 5) is 16.3. The Balaban J connectivity index is 1.45. The molecule has 2 N–H and O–H groups in total. The van der Waals surface area contributed by atoms with Crippen LogP contribution in [0.4, 0.5) is 0 Å². The summed E-state index contributed by atoms with van der Waals surface area (Å²) >= 11 is 0. The zero-order valence-corrected chi connectivity index (χ0v) is 16.3. The summed E-state index contributed by atoms with van der Waals surface area (Å²) in [6, 6.07) is 3.51. The number of ether oxygens (including phenoxy) is 1. The molecule has 0 aromatic carbocycles. The van der Waals surface area contributed by atoms with Gasteiger partial charge in [-0.15, -0.1) is 5.10 Å². The molecule has 0 saturated carbocycles. The lowest BCUT2D eigenvalue weighted by molar-refractivity contribution is -0.128. The first kappa shape index (κ1) is 20.4. The Morgan fingerprint density at radius 3 is 3.07 bits per heavy atom. The standard InChI is InChI=1S/C20H29N5O3/c1-2-4-16-13-25(24-23-16)10-8-17-6-7-18(19(14-26)28-17)22-20(27)11-15-5-3-9-21-12-15/h3,5,9,12-13,17-19,26H,2,4,6-8,10-11,14H2,1H3,(H,22,27)/t17-,18+,19+/m0/s1. The fourth-order valence-electron chi connectivity index (χ4n) is 3.55. The van der Waals surface area contributed by atoms with Crippen molar-refractivity contribution in [2.24, 2.45) is 0 Å². The summed E-state index contributed by atoms with van der Waals surface area (Å²) < 4.78 is 7.89. The van der Waals surface area contributed by atoms with Crippen LogP contribution in [0.25, 0.3) is 0 Å². The van der Waals surface area contributed by atoms with Gasteiger partial charge in [0.25, 0.3) is 0 Å². The smallest absolute Gasteiger partial charge is 0.224 e. The monoisotopic (exact) mass is 387 g/mol. The summed E-state index contributed by atoms with van der Waals surface area (Å²) in [6.07, 6.45) is 9.71. The second-order valence-electron chi connectivity index (χ2n) is 7.28. The molecule has 2 aromatic rings. The summed E-state index contributed by atoms with van der Waals surface area (Å²) in [6.45, 7) is 2.74. The first-order valence-corrected chi connectivity index (χ1v) is 10.0. The van der Waals surface area contributed by atoms with Gasteiger partial charge >= 0.3 is 0 Å². The number of aromatic nitrogens is 4. The molecule has 1 amide bonds. The summed E-state index contributed by atoms with van der Waals surface area (Å²) in [5.41, 5.74) is 1.88. The molecule has 0 bridgehead atoms. The number of carbonyl (C=O) groups is 1. The van der Waals surface area contributed by atoms with Crippen LogP contribution in [0.15, 0.2) is 30.7 Å². The molecule has 0 unspecified atom stereocenters. The molecule has 8 nitrogen and oxygen atoms in total. The van der Waals surface area contributed by atoms with E-state index < -0.39 is 0 Å². The third kappa shape index (κ3) is 5.84. The van der Waals surface area contributed by atoms with Gasteiger partial charge in [0.15, 0.2) is 0 Å². The minimum absolute atomic E-state index is 0.0439. The van der Waals surface area contributed by atoms with Crippen molar-refractivity contribution in [1.29, 1.82) is 0 Å². The van der Waals surface area contributed by atoms with Crippen molar-refractivity contribution in [1.82, 2.24) is 25.3 Å². The van der Waals surface area contributed by atoms with Gasteiger partial charge in [-0.2, -0.15) is 0 Å². The van der Waals surface area contributed by atoms with Gasteiger partial charge in [0.1, 0.15) is 6.10 Å².